The molecule has 0 aliphatic heterocycles. The summed E-state index contributed by atoms with van der Waals surface area (Å²) in [6, 6.07) is 9.44. The Morgan fingerprint density at radius 1 is 1.13 bits per heavy atom. The van der Waals surface area contributed by atoms with Gasteiger partial charge < -0.3 is 0 Å². The molecule has 0 aromatic heterocycles. The van der Waals surface area contributed by atoms with E-state index in [2.05, 4.69) is 10.2 Å². The van der Waals surface area contributed by atoms with Crippen molar-refractivity contribution in [2.24, 2.45) is 0 Å². The molecule has 0 aliphatic carbocycles. The van der Waals surface area contributed by atoms with E-state index < -0.39 is 7.44 Å². The van der Waals surface area contributed by atoms with Crippen molar-refractivity contribution in [1.82, 2.24) is 10.2 Å². The Labute approximate surface area is 91.8 Å². The SMILES string of the molecule is CNP(=O)(NC(C)(C)C)c1ccccc1. The molecule has 1 aromatic carbocycles. The summed E-state index contributed by atoms with van der Waals surface area (Å²) >= 11 is 0. The van der Waals surface area contributed by atoms with Crippen molar-refractivity contribution in [2.45, 2.75) is 26.3 Å². The molecule has 84 valence electrons. The quantitative estimate of drug-likeness (QED) is 0.776. The van der Waals surface area contributed by atoms with E-state index in [0.29, 0.717) is 0 Å². The van der Waals surface area contributed by atoms with Crippen molar-refractivity contribution in [3.05, 3.63) is 30.3 Å². The van der Waals surface area contributed by atoms with Gasteiger partial charge in [-0.05, 0) is 40.0 Å². The molecule has 2 N–H and O–H groups in total. The summed E-state index contributed by atoms with van der Waals surface area (Å²) in [4.78, 5) is 0. The van der Waals surface area contributed by atoms with Crippen LogP contribution < -0.4 is 15.5 Å². The zero-order valence-corrected chi connectivity index (χ0v) is 10.6. The fourth-order valence-corrected chi connectivity index (χ4v) is 3.40. The van der Waals surface area contributed by atoms with Gasteiger partial charge in [0.2, 0.25) is 7.44 Å². The molecule has 0 spiro atoms. The molecule has 1 atom stereocenters. The first-order valence-corrected chi connectivity index (χ1v) is 6.72. The summed E-state index contributed by atoms with van der Waals surface area (Å²) in [7, 11) is -0.959. The Hall–Kier alpha value is -0.630. The van der Waals surface area contributed by atoms with Crippen LogP contribution in [-0.4, -0.2) is 12.6 Å². The normalized spacial score (nSPS) is 16.0. The molecule has 4 heteroatoms. The molecule has 0 bridgehead atoms. The first-order valence-electron chi connectivity index (χ1n) is 5.01. The van der Waals surface area contributed by atoms with Crippen LogP contribution in [-0.2, 0) is 4.57 Å². The molecule has 0 fully saturated rings. The summed E-state index contributed by atoms with van der Waals surface area (Å²) < 4.78 is 12.6. The highest BCUT2D eigenvalue weighted by Crippen LogP contribution is 2.36. The van der Waals surface area contributed by atoms with E-state index in [1.807, 2.05) is 51.1 Å². The number of hydrogen-bond acceptors (Lipinski definition) is 1. The van der Waals surface area contributed by atoms with E-state index in [-0.39, 0.29) is 5.54 Å². The number of nitrogens with one attached hydrogen (secondary N) is 2. The molecule has 0 saturated heterocycles. The fourth-order valence-electron chi connectivity index (χ4n) is 1.36. The molecule has 1 aromatic rings. The Morgan fingerprint density at radius 3 is 2.07 bits per heavy atom. The summed E-state index contributed by atoms with van der Waals surface area (Å²) in [5.41, 5.74) is -0.186. The van der Waals surface area contributed by atoms with Crippen LogP contribution in [0.4, 0.5) is 0 Å². The van der Waals surface area contributed by atoms with Crippen LogP contribution in [0.15, 0.2) is 30.3 Å². The second-order valence-corrected chi connectivity index (χ2v) is 6.94. The molecule has 1 unspecified atom stereocenters. The highest BCUT2D eigenvalue weighted by molar-refractivity contribution is 7.67. The van der Waals surface area contributed by atoms with Gasteiger partial charge in [-0.1, -0.05) is 18.2 Å². The lowest BCUT2D eigenvalue weighted by atomic mass is 10.1. The summed E-state index contributed by atoms with van der Waals surface area (Å²) in [5, 5.41) is 6.85. The maximum Gasteiger partial charge on any atom is 0.240 e. The minimum atomic E-state index is -2.67. The standard InChI is InChI=1S/C11H19N2OP/c1-11(2,3)13-15(14,12-4)10-8-6-5-7-9-10/h5-9H,1-4H3,(H2,12,13,14). The van der Waals surface area contributed by atoms with Gasteiger partial charge in [-0.3, -0.25) is 9.65 Å². The molecular formula is C11H19N2OP. The number of hydrogen-bond donors (Lipinski definition) is 2. The van der Waals surface area contributed by atoms with Crippen LogP contribution in [0.3, 0.4) is 0 Å². The molecule has 1 rings (SSSR count). The average molecular weight is 226 g/mol. The van der Waals surface area contributed by atoms with Crippen molar-refractivity contribution in [1.29, 1.82) is 0 Å². The van der Waals surface area contributed by atoms with Gasteiger partial charge in [0.15, 0.2) is 0 Å². The Kier molecular flexibility index (Phi) is 3.72. The topological polar surface area (TPSA) is 41.1 Å². The molecule has 0 amide bonds. The van der Waals surface area contributed by atoms with Gasteiger partial charge in [-0.25, -0.2) is 5.09 Å². The molecular weight excluding hydrogens is 207 g/mol. The molecule has 0 aliphatic rings. The predicted octanol–water partition coefficient (Wildman–Crippen LogP) is 2.11. The Balaban J connectivity index is 3.02. The second-order valence-electron chi connectivity index (χ2n) is 4.53. The molecule has 3 nitrogen and oxygen atoms in total. The van der Waals surface area contributed by atoms with E-state index in [1.54, 1.807) is 7.05 Å². The smallest absolute Gasteiger partial charge is 0.240 e. The maximum atomic E-state index is 12.6. The lowest BCUT2D eigenvalue weighted by molar-refractivity contribution is 0.490. The van der Waals surface area contributed by atoms with Gasteiger partial charge in [-0.15, -0.1) is 0 Å². The van der Waals surface area contributed by atoms with E-state index in [4.69, 9.17) is 0 Å². The Bertz CT molecular complexity index is 357. The predicted molar refractivity (Wildman–Crippen MR) is 65.6 cm³/mol. The third-order valence-electron chi connectivity index (χ3n) is 1.93. The number of rotatable bonds is 3. The zero-order valence-electron chi connectivity index (χ0n) is 9.74. The molecule has 0 heterocycles. The van der Waals surface area contributed by atoms with E-state index in [9.17, 15) is 4.57 Å². The summed E-state index contributed by atoms with van der Waals surface area (Å²) in [6.45, 7) is 6.00. The minimum absolute atomic E-state index is 0.186. The molecule has 15 heavy (non-hydrogen) atoms. The van der Waals surface area contributed by atoms with Gasteiger partial charge in [-0.2, -0.15) is 0 Å². The Morgan fingerprint density at radius 2 is 1.67 bits per heavy atom. The third kappa shape index (κ3) is 3.45. The highest BCUT2D eigenvalue weighted by atomic mass is 31.2. The van der Waals surface area contributed by atoms with Crippen LogP contribution in [0, 0.1) is 0 Å². The van der Waals surface area contributed by atoms with Gasteiger partial charge in [0.05, 0.1) is 0 Å². The van der Waals surface area contributed by atoms with E-state index in [0.717, 1.165) is 5.30 Å². The summed E-state index contributed by atoms with van der Waals surface area (Å²) in [6.07, 6.45) is 0. The van der Waals surface area contributed by atoms with Crippen molar-refractivity contribution in [3.8, 4) is 0 Å². The number of benzene rings is 1. The van der Waals surface area contributed by atoms with Gasteiger partial charge in [0.1, 0.15) is 0 Å². The van der Waals surface area contributed by atoms with Crippen LogP contribution in [0.1, 0.15) is 20.8 Å². The minimum Gasteiger partial charge on any atom is -0.284 e. The first-order chi connectivity index (χ1) is 6.87. The lowest BCUT2D eigenvalue weighted by Crippen LogP contribution is -2.40. The van der Waals surface area contributed by atoms with Gasteiger partial charge in [0.25, 0.3) is 0 Å². The van der Waals surface area contributed by atoms with Gasteiger partial charge >= 0.3 is 0 Å². The van der Waals surface area contributed by atoms with Crippen LogP contribution in [0.5, 0.6) is 0 Å². The monoisotopic (exact) mass is 226 g/mol. The fraction of sp³-hybridized carbons (Fsp3) is 0.455. The van der Waals surface area contributed by atoms with Crippen molar-refractivity contribution >= 4 is 12.7 Å². The van der Waals surface area contributed by atoms with Crippen LogP contribution >= 0.6 is 7.44 Å². The summed E-state index contributed by atoms with van der Waals surface area (Å²) in [5.74, 6) is 0. The van der Waals surface area contributed by atoms with E-state index >= 15 is 0 Å². The lowest BCUT2D eigenvalue weighted by Gasteiger charge is -2.28. The maximum absolute atomic E-state index is 12.6. The largest absolute Gasteiger partial charge is 0.284 e. The average Bonchev–Trinajstić information content (AvgIpc) is 2.16. The molecule has 0 radical (unpaired) electrons. The van der Waals surface area contributed by atoms with Crippen LogP contribution in [0.2, 0.25) is 0 Å². The first kappa shape index (κ1) is 12.4. The van der Waals surface area contributed by atoms with Crippen molar-refractivity contribution in [2.75, 3.05) is 7.05 Å². The van der Waals surface area contributed by atoms with Crippen LogP contribution in [0.25, 0.3) is 0 Å². The second kappa shape index (κ2) is 4.48. The van der Waals surface area contributed by atoms with Crippen molar-refractivity contribution in [3.63, 3.8) is 0 Å². The third-order valence-corrected chi connectivity index (χ3v) is 4.57. The van der Waals surface area contributed by atoms with E-state index in [1.165, 1.54) is 0 Å². The molecule has 0 saturated carbocycles. The highest BCUT2D eigenvalue weighted by Gasteiger charge is 2.27. The van der Waals surface area contributed by atoms with Gasteiger partial charge in [0, 0.05) is 10.8 Å². The zero-order chi connectivity index (χ0) is 11.5. The van der Waals surface area contributed by atoms with Crippen molar-refractivity contribution < 1.29 is 4.57 Å².